The van der Waals surface area contributed by atoms with E-state index in [-0.39, 0.29) is 0 Å². The average Bonchev–Trinajstić information content (AvgIpc) is 2.55. The van der Waals surface area contributed by atoms with Gasteiger partial charge in [0, 0.05) is 0 Å². The molecular formula is C17H31NOSi3. The van der Waals surface area contributed by atoms with Gasteiger partial charge in [-0.05, 0) is 74.9 Å². The third kappa shape index (κ3) is 3.32. The maximum atomic E-state index is 6.09. The molecule has 2 nitrogen and oxygen atoms in total. The van der Waals surface area contributed by atoms with Gasteiger partial charge in [-0.3, -0.25) is 0 Å². The fourth-order valence-electron chi connectivity index (χ4n) is 3.42. The van der Waals surface area contributed by atoms with Crippen LogP contribution in [0.1, 0.15) is 6.92 Å². The summed E-state index contributed by atoms with van der Waals surface area (Å²) in [5, 5.41) is 3.25. The van der Waals surface area contributed by atoms with Crippen LogP contribution in [0, 0.1) is 0 Å². The summed E-state index contributed by atoms with van der Waals surface area (Å²) in [7, 11) is -4.63. The standard InChI is InChI=1S/C17H31NOSi3/c1-15(14-19-20(2,3)4)13-18-21(5,6)16-11-9-10-12-17(16)22(18,7)8/h9-13H,14H2,1-8H3/b15-13-. The Labute approximate surface area is 139 Å². The molecule has 0 fully saturated rings. The molecule has 1 aromatic rings. The molecule has 5 heteroatoms. The van der Waals surface area contributed by atoms with E-state index in [1.165, 1.54) is 5.57 Å². The van der Waals surface area contributed by atoms with Crippen LogP contribution in [0.3, 0.4) is 0 Å². The SMILES string of the molecule is C/C(=C/N1[Si](C)(C)c2ccccc2[Si]1(C)C)CO[Si](C)(C)C. The van der Waals surface area contributed by atoms with Gasteiger partial charge in [-0.1, -0.05) is 24.3 Å². The van der Waals surface area contributed by atoms with Crippen molar-refractivity contribution in [3.8, 4) is 0 Å². The molecular weight excluding hydrogens is 318 g/mol. The number of rotatable bonds is 4. The lowest BCUT2D eigenvalue weighted by Crippen LogP contribution is -2.57. The van der Waals surface area contributed by atoms with Gasteiger partial charge in [0.25, 0.3) is 0 Å². The summed E-state index contributed by atoms with van der Waals surface area (Å²) < 4.78 is 8.86. The first-order valence-electron chi connectivity index (χ1n) is 8.17. The summed E-state index contributed by atoms with van der Waals surface area (Å²) in [4.78, 5) is 0. The molecule has 22 heavy (non-hydrogen) atoms. The second-order valence-electron chi connectivity index (χ2n) is 8.41. The predicted molar refractivity (Wildman–Crippen MR) is 106 cm³/mol. The summed E-state index contributed by atoms with van der Waals surface area (Å²) in [5.41, 5.74) is 1.36. The third-order valence-corrected chi connectivity index (χ3v) is 15.3. The van der Waals surface area contributed by atoms with Gasteiger partial charge in [0.05, 0.1) is 6.61 Å². The monoisotopic (exact) mass is 349 g/mol. The van der Waals surface area contributed by atoms with Crippen molar-refractivity contribution in [2.75, 3.05) is 6.61 Å². The molecule has 1 aliphatic rings. The number of benzene rings is 1. The molecule has 0 unspecified atom stereocenters. The fourth-order valence-corrected chi connectivity index (χ4v) is 16.3. The molecule has 0 atom stereocenters. The number of hydrogen-bond acceptors (Lipinski definition) is 2. The van der Waals surface area contributed by atoms with E-state index in [0.717, 1.165) is 6.61 Å². The molecule has 1 aliphatic heterocycles. The van der Waals surface area contributed by atoms with Crippen LogP contribution in [0.15, 0.2) is 36.0 Å². The first-order chi connectivity index (χ1) is 9.96. The Balaban J connectivity index is 2.32. The van der Waals surface area contributed by atoms with Crippen LogP contribution in [0.25, 0.3) is 0 Å². The highest BCUT2D eigenvalue weighted by Gasteiger charge is 2.50. The minimum atomic E-state index is -1.59. The Kier molecular flexibility index (Phi) is 4.65. The number of nitrogens with zero attached hydrogens (tertiary/aromatic N) is 1. The van der Waals surface area contributed by atoms with Gasteiger partial charge >= 0.3 is 0 Å². The van der Waals surface area contributed by atoms with Crippen LogP contribution in [0.2, 0.25) is 45.8 Å². The van der Waals surface area contributed by atoms with Crippen molar-refractivity contribution >= 4 is 35.2 Å². The zero-order valence-electron chi connectivity index (χ0n) is 15.4. The average molecular weight is 350 g/mol. The molecule has 122 valence electrons. The minimum Gasteiger partial charge on any atom is -0.424 e. The molecule has 0 radical (unpaired) electrons. The lowest BCUT2D eigenvalue weighted by Gasteiger charge is -2.39. The van der Waals surface area contributed by atoms with Crippen LogP contribution in [0.5, 0.6) is 0 Å². The van der Waals surface area contributed by atoms with Crippen molar-refractivity contribution in [2.24, 2.45) is 0 Å². The van der Waals surface area contributed by atoms with Gasteiger partial charge in [-0.25, -0.2) is 0 Å². The summed E-state index contributed by atoms with van der Waals surface area (Å²) in [6.45, 7) is 19.7. The Morgan fingerprint density at radius 3 is 1.91 bits per heavy atom. The van der Waals surface area contributed by atoms with Crippen molar-refractivity contribution in [3.63, 3.8) is 0 Å². The van der Waals surface area contributed by atoms with Crippen molar-refractivity contribution in [1.29, 1.82) is 0 Å². The highest BCUT2D eigenvalue weighted by molar-refractivity contribution is 7.10. The first kappa shape index (κ1) is 17.7. The highest BCUT2D eigenvalue weighted by Crippen LogP contribution is 2.27. The molecule has 0 saturated carbocycles. The van der Waals surface area contributed by atoms with Crippen LogP contribution in [-0.2, 0) is 4.43 Å². The van der Waals surface area contributed by atoms with Gasteiger partial charge in [0.1, 0.15) is 0 Å². The molecule has 0 aliphatic carbocycles. The molecule has 0 bridgehead atoms. The zero-order valence-corrected chi connectivity index (χ0v) is 18.4. The van der Waals surface area contributed by atoms with Crippen molar-refractivity contribution in [3.05, 3.63) is 36.0 Å². The van der Waals surface area contributed by atoms with Crippen molar-refractivity contribution in [2.45, 2.75) is 52.8 Å². The van der Waals surface area contributed by atoms with E-state index in [9.17, 15) is 0 Å². The van der Waals surface area contributed by atoms with Crippen molar-refractivity contribution in [1.82, 2.24) is 4.23 Å². The largest absolute Gasteiger partial charge is 0.424 e. The maximum Gasteiger partial charge on any atom is 0.184 e. The van der Waals surface area contributed by atoms with Crippen LogP contribution in [-0.4, -0.2) is 35.6 Å². The second kappa shape index (κ2) is 5.78. The van der Waals surface area contributed by atoms with E-state index in [0.29, 0.717) is 0 Å². The molecule has 1 heterocycles. The zero-order chi connectivity index (χ0) is 16.8. The normalized spacial score (nSPS) is 20.2. The molecule has 2 rings (SSSR count). The van der Waals surface area contributed by atoms with Crippen LogP contribution < -0.4 is 10.4 Å². The topological polar surface area (TPSA) is 12.5 Å². The summed E-state index contributed by atoms with van der Waals surface area (Å²) >= 11 is 0. The molecule has 0 amide bonds. The second-order valence-corrected chi connectivity index (χ2v) is 21.6. The fraction of sp³-hybridized carbons (Fsp3) is 0.529. The Morgan fingerprint density at radius 2 is 1.50 bits per heavy atom. The number of hydrogen-bond donors (Lipinski definition) is 0. The van der Waals surface area contributed by atoms with Gasteiger partial charge in [-0.2, -0.15) is 0 Å². The number of fused-ring (bicyclic) bond motifs is 1. The Morgan fingerprint density at radius 1 is 1.05 bits per heavy atom. The third-order valence-electron chi connectivity index (χ3n) is 4.53. The Bertz CT molecular complexity index is 553. The van der Waals surface area contributed by atoms with Gasteiger partial charge < -0.3 is 8.66 Å². The molecule has 0 saturated heterocycles. The maximum absolute atomic E-state index is 6.09. The van der Waals surface area contributed by atoms with E-state index in [4.69, 9.17) is 4.43 Å². The van der Waals surface area contributed by atoms with Gasteiger partial charge in [0.2, 0.25) is 0 Å². The van der Waals surface area contributed by atoms with Crippen LogP contribution >= 0.6 is 0 Å². The van der Waals surface area contributed by atoms with E-state index < -0.39 is 24.8 Å². The summed E-state index contributed by atoms with van der Waals surface area (Å²) in [6.07, 6.45) is 2.43. The summed E-state index contributed by atoms with van der Waals surface area (Å²) in [6, 6.07) is 9.12. The first-order valence-corrected chi connectivity index (χ1v) is 17.5. The summed E-state index contributed by atoms with van der Waals surface area (Å²) in [5.74, 6) is 0. The molecule has 0 aromatic heterocycles. The highest BCUT2D eigenvalue weighted by atomic mass is 28.4. The smallest absolute Gasteiger partial charge is 0.184 e. The lowest BCUT2D eigenvalue weighted by molar-refractivity contribution is 0.345. The van der Waals surface area contributed by atoms with E-state index >= 15 is 0 Å². The van der Waals surface area contributed by atoms with E-state index in [2.05, 4.69) is 87.4 Å². The predicted octanol–water partition coefficient (Wildman–Crippen LogP) is 3.58. The molecule has 1 aromatic carbocycles. The van der Waals surface area contributed by atoms with Gasteiger partial charge in [-0.15, -0.1) is 0 Å². The van der Waals surface area contributed by atoms with Crippen molar-refractivity contribution < 1.29 is 4.43 Å². The lowest BCUT2D eigenvalue weighted by atomic mass is 10.4. The van der Waals surface area contributed by atoms with E-state index in [1.807, 2.05) is 0 Å². The Hall–Kier alpha value is -0.629. The molecule has 0 spiro atoms. The van der Waals surface area contributed by atoms with Gasteiger partial charge in [0.15, 0.2) is 24.8 Å². The van der Waals surface area contributed by atoms with E-state index in [1.54, 1.807) is 10.4 Å². The quantitative estimate of drug-likeness (QED) is 0.770. The minimum absolute atomic E-state index is 0.775. The van der Waals surface area contributed by atoms with Crippen LogP contribution in [0.4, 0.5) is 0 Å². The molecule has 0 N–H and O–H groups in total.